The van der Waals surface area contributed by atoms with Crippen LogP contribution in [-0.4, -0.2) is 20.9 Å². The molecule has 0 fully saturated rings. The molecule has 0 aliphatic carbocycles. The van der Waals surface area contributed by atoms with Crippen molar-refractivity contribution in [2.24, 2.45) is 7.05 Å². The molecule has 0 saturated carbocycles. The molecule has 0 unspecified atom stereocenters. The summed E-state index contributed by atoms with van der Waals surface area (Å²) in [5, 5.41) is 11.1. The third kappa shape index (κ3) is 3.51. The predicted molar refractivity (Wildman–Crippen MR) is 65.7 cm³/mol. The van der Waals surface area contributed by atoms with Gasteiger partial charge in [0, 0.05) is 30.9 Å². The number of nitrogens with zero attached hydrogens (tertiary/aromatic N) is 2. The van der Waals surface area contributed by atoms with Crippen molar-refractivity contribution < 1.29 is 0 Å². The maximum Gasteiger partial charge on any atom is 0.166 e. The summed E-state index contributed by atoms with van der Waals surface area (Å²) in [4.78, 5) is 0. The normalized spacial score (nSPS) is 10.5. The number of rotatable bonds is 3. The molecular weight excluding hydrogens is 208 g/mol. The number of hydrogen-bond donors (Lipinski definition) is 2. The molecule has 0 atom stereocenters. The molecule has 0 spiro atoms. The average molecular weight is 226 g/mol. The number of aromatic nitrogens is 2. The summed E-state index contributed by atoms with van der Waals surface area (Å²) in [7, 11) is 1.93. The van der Waals surface area contributed by atoms with Crippen LogP contribution in [0.4, 0.5) is 0 Å². The zero-order chi connectivity index (χ0) is 11.4. The lowest BCUT2D eigenvalue weighted by Crippen LogP contribution is -2.38. The van der Waals surface area contributed by atoms with Gasteiger partial charge in [-0.05, 0) is 33.0 Å². The maximum absolute atomic E-state index is 5.13. The second-order valence-corrected chi connectivity index (χ2v) is 4.27. The Hall–Kier alpha value is -1.10. The van der Waals surface area contributed by atoms with E-state index in [1.54, 1.807) is 0 Å². The molecule has 0 aliphatic rings. The standard InChI is InChI=1S/C10H18N4S/c1-7(2)13-10(15)11-5-9-6-12-14(4)8(9)3/h6-7H,5H2,1-4H3,(H2,11,13,15). The van der Waals surface area contributed by atoms with Crippen LogP contribution in [0, 0.1) is 6.92 Å². The van der Waals surface area contributed by atoms with Crippen molar-refractivity contribution in [2.45, 2.75) is 33.4 Å². The second-order valence-electron chi connectivity index (χ2n) is 3.86. The summed E-state index contributed by atoms with van der Waals surface area (Å²) in [6.45, 7) is 6.88. The van der Waals surface area contributed by atoms with E-state index in [1.165, 1.54) is 5.56 Å². The van der Waals surface area contributed by atoms with E-state index in [0.717, 1.165) is 12.2 Å². The lowest BCUT2D eigenvalue weighted by molar-refractivity contribution is 0.709. The van der Waals surface area contributed by atoms with Gasteiger partial charge in [-0.3, -0.25) is 4.68 Å². The first-order valence-corrected chi connectivity index (χ1v) is 5.43. The van der Waals surface area contributed by atoms with Crippen LogP contribution in [0.1, 0.15) is 25.1 Å². The molecule has 1 rings (SSSR count). The van der Waals surface area contributed by atoms with E-state index in [-0.39, 0.29) is 0 Å². The van der Waals surface area contributed by atoms with E-state index in [2.05, 4.69) is 29.6 Å². The van der Waals surface area contributed by atoms with Crippen molar-refractivity contribution in [3.05, 3.63) is 17.5 Å². The Kier molecular flexibility index (Phi) is 4.08. The maximum atomic E-state index is 5.13. The van der Waals surface area contributed by atoms with Gasteiger partial charge in [-0.2, -0.15) is 5.10 Å². The average Bonchev–Trinajstić information content (AvgIpc) is 2.44. The molecule has 15 heavy (non-hydrogen) atoms. The highest BCUT2D eigenvalue weighted by molar-refractivity contribution is 7.80. The lowest BCUT2D eigenvalue weighted by atomic mass is 10.2. The molecule has 1 aromatic heterocycles. The van der Waals surface area contributed by atoms with E-state index in [9.17, 15) is 0 Å². The van der Waals surface area contributed by atoms with Crippen LogP contribution in [0.15, 0.2) is 6.20 Å². The van der Waals surface area contributed by atoms with E-state index in [1.807, 2.05) is 24.9 Å². The van der Waals surface area contributed by atoms with Crippen LogP contribution in [0.25, 0.3) is 0 Å². The fraction of sp³-hybridized carbons (Fsp3) is 0.600. The molecule has 2 N–H and O–H groups in total. The molecule has 0 bridgehead atoms. The third-order valence-corrected chi connectivity index (χ3v) is 2.46. The first-order chi connectivity index (χ1) is 7.00. The van der Waals surface area contributed by atoms with Crippen molar-refractivity contribution in [3.63, 3.8) is 0 Å². The van der Waals surface area contributed by atoms with Gasteiger partial charge in [0.15, 0.2) is 5.11 Å². The van der Waals surface area contributed by atoms with Gasteiger partial charge in [-0.15, -0.1) is 0 Å². The number of thiocarbonyl (C=S) groups is 1. The molecule has 1 aromatic rings. The van der Waals surface area contributed by atoms with E-state index in [0.29, 0.717) is 11.2 Å². The fourth-order valence-electron chi connectivity index (χ4n) is 1.21. The van der Waals surface area contributed by atoms with Crippen LogP contribution in [0.3, 0.4) is 0 Å². The number of hydrogen-bond acceptors (Lipinski definition) is 2. The summed E-state index contributed by atoms with van der Waals surface area (Å²) in [5.41, 5.74) is 2.33. The number of nitrogens with one attached hydrogen (secondary N) is 2. The van der Waals surface area contributed by atoms with Crippen LogP contribution in [-0.2, 0) is 13.6 Å². The Labute approximate surface area is 96.1 Å². The minimum Gasteiger partial charge on any atom is -0.361 e. The van der Waals surface area contributed by atoms with Crippen molar-refractivity contribution in [1.29, 1.82) is 0 Å². The summed E-state index contributed by atoms with van der Waals surface area (Å²) in [6.07, 6.45) is 1.86. The Morgan fingerprint density at radius 1 is 1.60 bits per heavy atom. The Balaban J connectivity index is 2.44. The van der Waals surface area contributed by atoms with Crippen molar-refractivity contribution in [1.82, 2.24) is 20.4 Å². The summed E-state index contributed by atoms with van der Waals surface area (Å²) in [6, 6.07) is 0.361. The molecule has 1 heterocycles. The van der Waals surface area contributed by atoms with Gasteiger partial charge in [0.2, 0.25) is 0 Å². The van der Waals surface area contributed by atoms with E-state index >= 15 is 0 Å². The Morgan fingerprint density at radius 3 is 2.73 bits per heavy atom. The highest BCUT2D eigenvalue weighted by Gasteiger charge is 2.04. The summed E-state index contributed by atoms with van der Waals surface area (Å²) < 4.78 is 1.86. The number of aryl methyl sites for hydroxylation is 1. The van der Waals surface area contributed by atoms with E-state index < -0.39 is 0 Å². The zero-order valence-electron chi connectivity index (χ0n) is 9.66. The smallest absolute Gasteiger partial charge is 0.166 e. The van der Waals surface area contributed by atoms with E-state index in [4.69, 9.17) is 12.2 Å². The molecule has 5 heteroatoms. The monoisotopic (exact) mass is 226 g/mol. The lowest BCUT2D eigenvalue weighted by Gasteiger charge is -2.12. The zero-order valence-corrected chi connectivity index (χ0v) is 10.5. The van der Waals surface area contributed by atoms with Crippen LogP contribution in [0.2, 0.25) is 0 Å². The van der Waals surface area contributed by atoms with Crippen LogP contribution in [0.5, 0.6) is 0 Å². The van der Waals surface area contributed by atoms with Crippen molar-refractivity contribution in [3.8, 4) is 0 Å². The summed E-state index contributed by atoms with van der Waals surface area (Å²) >= 11 is 5.13. The molecule has 0 aromatic carbocycles. The summed E-state index contributed by atoms with van der Waals surface area (Å²) in [5.74, 6) is 0. The minimum absolute atomic E-state index is 0.361. The Bertz CT molecular complexity index is 343. The third-order valence-electron chi connectivity index (χ3n) is 2.20. The van der Waals surface area contributed by atoms with Gasteiger partial charge in [-0.25, -0.2) is 0 Å². The minimum atomic E-state index is 0.361. The van der Waals surface area contributed by atoms with Crippen molar-refractivity contribution in [2.75, 3.05) is 0 Å². The Morgan fingerprint density at radius 2 is 2.27 bits per heavy atom. The van der Waals surface area contributed by atoms with Gasteiger partial charge in [0.05, 0.1) is 6.20 Å². The predicted octanol–water partition coefficient (Wildman–Crippen LogP) is 1.10. The molecule has 4 nitrogen and oxygen atoms in total. The first-order valence-electron chi connectivity index (χ1n) is 5.02. The highest BCUT2D eigenvalue weighted by atomic mass is 32.1. The second kappa shape index (κ2) is 5.11. The van der Waals surface area contributed by atoms with Crippen LogP contribution < -0.4 is 10.6 Å². The van der Waals surface area contributed by atoms with Gasteiger partial charge in [-0.1, -0.05) is 0 Å². The van der Waals surface area contributed by atoms with Gasteiger partial charge >= 0.3 is 0 Å². The molecule has 0 aliphatic heterocycles. The van der Waals surface area contributed by atoms with Gasteiger partial charge < -0.3 is 10.6 Å². The van der Waals surface area contributed by atoms with Crippen LogP contribution >= 0.6 is 12.2 Å². The quantitative estimate of drug-likeness (QED) is 0.757. The fourth-order valence-corrected chi connectivity index (χ4v) is 1.51. The topological polar surface area (TPSA) is 41.9 Å². The molecule has 84 valence electrons. The molecule has 0 amide bonds. The molecule has 0 radical (unpaired) electrons. The first kappa shape index (κ1) is 12.0. The van der Waals surface area contributed by atoms with Gasteiger partial charge in [0.25, 0.3) is 0 Å². The van der Waals surface area contributed by atoms with Gasteiger partial charge in [0.1, 0.15) is 0 Å². The highest BCUT2D eigenvalue weighted by Crippen LogP contribution is 2.04. The SMILES string of the molecule is Cc1c(CNC(=S)NC(C)C)cnn1C. The molecule has 0 saturated heterocycles. The van der Waals surface area contributed by atoms with Crippen molar-refractivity contribution >= 4 is 17.3 Å². The largest absolute Gasteiger partial charge is 0.361 e. The molecular formula is C10H18N4S.